The van der Waals surface area contributed by atoms with E-state index in [-0.39, 0.29) is 11.7 Å². The molecule has 3 rings (SSSR count). The first-order chi connectivity index (χ1) is 14.0. The van der Waals surface area contributed by atoms with Crippen molar-refractivity contribution in [3.05, 3.63) is 52.5 Å². The lowest BCUT2D eigenvalue weighted by atomic mass is 10.2. The van der Waals surface area contributed by atoms with Gasteiger partial charge in [0.15, 0.2) is 11.0 Å². The zero-order valence-corrected chi connectivity index (χ0v) is 18.3. The largest absolute Gasteiger partial charge is 0.494 e. The highest BCUT2D eigenvalue weighted by Gasteiger charge is 2.15. The summed E-state index contributed by atoms with van der Waals surface area (Å²) in [6.07, 6.45) is 0. The van der Waals surface area contributed by atoms with Crippen LogP contribution in [0.25, 0.3) is 11.4 Å². The first kappa shape index (κ1) is 21.5. The molecule has 1 amide bonds. The van der Waals surface area contributed by atoms with E-state index in [9.17, 15) is 4.79 Å². The number of hydrogen-bond donors (Lipinski definition) is 1. The van der Waals surface area contributed by atoms with E-state index in [0.29, 0.717) is 34.0 Å². The molecule has 0 aliphatic heterocycles. The number of carbonyl (C=O) groups is 1. The third-order valence-electron chi connectivity index (χ3n) is 3.94. The highest BCUT2D eigenvalue weighted by molar-refractivity contribution is 7.99. The first-order valence-electron chi connectivity index (χ1n) is 9.05. The van der Waals surface area contributed by atoms with Gasteiger partial charge in [-0.3, -0.25) is 4.79 Å². The number of carbonyl (C=O) groups excluding carboxylic acids is 1. The Morgan fingerprint density at radius 2 is 1.79 bits per heavy atom. The molecule has 152 valence electrons. The van der Waals surface area contributed by atoms with Crippen molar-refractivity contribution in [2.75, 3.05) is 17.7 Å². The third kappa shape index (κ3) is 5.65. The van der Waals surface area contributed by atoms with Crippen molar-refractivity contribution in [1.29, 1.82) is 0 Å². The van der Waals surface area contributed by atoms with E-state index in [1.165, 1.54) is 11.8 Å². The van der Waals surface area contributed by atoms with Crippen LogP contribution in [0.15, 0.2) is 47.6 Å². The van der Waals surface area contributed by atoms with Crippen molar-refractivity contribution in [1.82, 2.24) is 14.8 Å². The zero-order valence-electron chi connectivity index (χ0n) is 16.0. The van der Waals surface area contributed by atoms with Crippen LogP contribution in [-0.2, 0) is 11.3 Å². The maximum Gasteiger partial charge on any atom is 0.234 e. The molecule has 29 heavy (non-hydrogen) atoms. The Labute approximate surface area is 183 Å². The van der Waals surface area contributed by atoms with Crippen LogP contribution in [0.1, 0.15) is 13.8 Å². The molecule has 0 spiro atoms. The number of nitrogens with zero attached hydrogens (tertiary/aromatic N) is 3. The Kier molecular flexibility index (Phi) is 7.41. The predicted molar refractivity (Wildman–Crippen MR) is 118 cm³/mol. The molecule has 3 aromatic rings. The van der Waals surface area contributed by atoms with Crippen LogP contribution in [0.2, 0.25) is 10.0 Å². The van der Waals surface area contributed by atoms with Gasteiger partial charge in [0.2, 0.25) is 5.91 Å². The van der Waals surface area contributed by atoms with E-state index in [0.717, 1.165) is 17.1 Å². The van der Waals surface area contributed by atoms with Gasteiger partial charge >= 0.3 is 0 Å². The summed E-state index contributed by atoms with van der Waals surface area (Å²) in [6, 6.07) is 12.6. The van der Waals surface area contributed by atoms with Gasteiger partial charge in [0.25, 0.3) is 0 Å². The second-order valence-corrected chi connectivity index (χ2v) is 7.82. The smallest absolute Gasteiger partial charge is 0.234 e. The summed E-state index contributed by atoms with van der Waals surface area (Å²) in [7, 11) is 0. The van der Waals surface area contributed by atoms with Crippen molar-refractivity contribution >= 4 is 46.6 Å². The molecule has 6 nitrogen and oxygen atoms in total. The Morgan fingerprint density at radius 3 is 2.41 bits per heavy atom. The Morgan fingerprint density at radius 1 is 1.10 bits per heavy atom. The van der Waals surface area contributed by atoms with Crippen molar-refractivity contribution in [2.45, 2.75) is 25.5 Å². The van der Waals surface area contributed by atoms with E-state index in [2.05, 4.69) is 15.5 Å². The van der Waals surface area contributed by atoms with Gasteiger partial charge < -0.3 is 14.6 Å². The van der Waals surface area contributed by atoms with Gasteiger partial charge in [0.05, 0.1) is 12.4 Å². The van der Waals surface area contributed by atoms with Crippen LogP contribution in [0.4, 0.5) is 5.69 Å². The number of rotatable bonds is 8. The van der Waals surface area contributed by atoms with Crippen molar-refractivity contribution < 1.29 is 9.53 Å². The Balaban J connectivity index is 1.67. The van der Waals surface area contributed by atoms with Gasteiger partial charge in [0.1, 0.15) is 5.75 Å². The first-order valence-corrected chi connectivity index (χ1v) is 10.8. The van der Waals surface area contributed by atoms with Gasteiger partial charge in [-0.05, 0) is 56.3 Å². The number of thioether (sulfide) groups is 1. The average molecular weight is 451 g/mol. The number of benzene rings is 2. The number of amides is 1. The quantitative estimate of drug-likeness (QED) is 0.465. The highest BCUT2D eigenvalue weighted by atomic mass is 35.5. The summed E-state index contributed by atoms with van der Waals surface area (Å²) in [4.78, 5) is 12.3. The number of hydrogen-bond acceptors (Lipinski definition) is 5. The molecule has 1 aromatic heterocycles. The van der Waals surface area contributed by atoms with Gasteiger partial charge in [0, 0.05) is 27.8 Å². The zero-order chi connectivity index (χ0) is 20.8. The summed E-state index contributed by atoms with van der Waals surface area (Å²) in [5.41, 5.74) is 1.49. The molecule has 2 aromatic carbocycles. The molecule has 0 aliphatic carbocycles. The van der Waals surface area contributed by atoms with Gasteiger partial charge in [-0.15, -0.1) is 10.2 Å². The van der Waals surface area contributed by atoms with Crippen LogP contribution in [0, 0.1) is 0 Å². The van der Waals surface area contributed by atoms with E-state index < -0.39 is 0 Å². The minimum Gasteiger partial charge on any atom is -0.494 e. The van der Waals surface area contributed by atoms with Crippen LogP contribution in [-0.4, -0.2) is 33.0 Å². The topological polar surface area (TPSA) is 69.0 Å². The molecular weight excluding hydrogens is 431 g/mol. The molecule has 0 bridgehead atoms. The monoisotopic (exact) mass is 450 g/mol. The average Bonchev–Trinajstić information content (AvgIpc) is 3.09. The lowest BCUT2D eigenvalue weighted by molar-refractivity contribution is -0.113. The fourth-order valence-corrected chi connectivity index (χ4v) is 4.04. The van der Waals surface area contributed by atoms with Crippen LogP contribution >= 0.6 is 35.0 Å². The molecule has 0 atom stereocenters. The molecule has 0 saturated heterocycles. The van der Waals surface area contributed by atoms with Crippen LogP contribution < -0.4 is 10.1 Å². The highest BCUT2D eigenvalue weighted by Crippen LogP contribution is 2.26. The minimum absolute atomic E-state index is 0.179. The lowest BCUT2D eigenvalue weighted by Gasteiger charge is -2.09. The summed E-state index contributed by atoms with van der Waals surface area (Å²) in [5, 5.41) is 12.9. The molecule has 0 fully saturated rings. The molecule has 0 saturated carbocycles. The van der Waals surface area contributed by atoms with Crippen molar-refractivity contribution in [3.63, 3.8) is 0 Å². The van der Waals surface area contributed by atoms with E-state index >= 15 is 0 Å². The SMILES string of the molecule is CCOc1ccc(-c2nnc(SCC(=O)Nc3cc(Cl)cc(Cl)c3)n2CC)cc1. The number of anilines is 1. The summed E-state index contributed by atoms with van der Waals surface area (Å²) in [6.45, 7) is 5.26. The molecule has 0 unspecified atom stereocenters. The van der Waals surface area contributed by atoms with Crippen LogP contribution in [0.3, 0.4) is 0 Å². The second kappa shape index (κ2) is 10.0. The van der Waals surface area contributed by atoms with Crippen LogP contribution in [0.5, 0.6) is 5.75 Å². The summed E-state index contributed by atoms with van der Waals surface area (Å²) in [5.74, 6) is 1.57. The molecule has 9 heteroatoms. The number of halogens is 2. The van der Waals surface area contributed by atoms with Crippen molar-refractivity contribution in [3.8, 4) is 17.1 Å². The molecule has 1 N–H and O–H groups in total. The Hall–Kier alpha value is -2.22. The number of aromatic nitrogens is 3. The maximum atomic E-state index is 12.3. The molecule has 0 aliphatic rings. The van der Waals surface area contributed by atoms with Gasteiger partial charge in [-0.25, -0.2) is 0 Å². The summed E-state index contributed by atoms with van der Waals surface area (Å²) >= 11 is 13.2. The summed E-state index contributed by atoms with van der Waals surface area (Å²) < 4.78 is 7.46. The maximum absolute atomic E-state index is 12.3. The van der Waals surface area contributed by atoms with Gasteiger partial charge in [-0.1, -0.05) is 35.0 Å². The van der Waals surface area contributed by atoms with E-state index in [4.69, 9.17) is 27.9 Å². The number of ether oxygens (including phenoxy) is 1. The fourth-order valence-electron chi connectivity index (χ4n) is 2.71. The molecular formula is C20H20Cl2N4O2S. The molecule has 1 heterocycles. The fraction of sp³-hybridized carbons (Fsp3) is 0.250. The predicted octanol–water partition coefficient (Wildman–Crippen LogP) is 5.40. The number of nitrogens with one attached hydrogen (secondary N) is 1. The van der Waals surface area contributed by atoms with Crippen molar-refractivity contribution in [2.24, 2.45) is 0 Å². The third-order valence-corrected chi connectivity index (χ3v) is 5.34. The Bertz CT molecular complexity index is 972. The second-order valence-electron chi connectivity index (χ2n) is 6.00. The minimum atomic E-state index is -0.179. The standard InChI is InChI=1S/C20H20Cl2N4O2S/c1-3-26-19(13-5-7-17(8-6-13)28-4-2)24-25-20(26)29-12-18(27)23-16-10-14(21)9-15(22)11-16/h5-11H,3-4,12H2,1-2H3,(H,23,27). The van der Waals surface area contributed by atoms with E-state index in [1.54, 1.807) is 18.2 Å². The molecule has 0 radical (unpaired) electrons. The van der Waals surface area contributed by atoms with Gasteiger partial charge in [-0.2, -0.15) is 0 Å². The lowest BCUT2D eigenvalue weighted by Crippen LogP contribution is -2.14. The van der Waals surface area contributed by atoms with E-state index in [1.807, 2.05) is 42.7 Å². The normalized spacial score (nSPS) is 10.8.